The summed E-state index contributed by atoms with van der Waals surface area (Å²) in [5, 5.41) is 3.62. The zero-order chi connectivity index (χ0) is 17.2. The number of hydrogen-bond donors (Lipinski definition) is 1. The molecular formula is C18H30N4O3. The number of rotatable bonds is 4. The lowest BCUT2D eigenvalue weighted by Gasteiger charge is -2.29. The topological polar surface area (TPSA) is 65.1 Å². The van der Waals surface area contributed by atoms with Crippen LogP contribution in [-0.4, -0.2) is 97.6 Å². The Hall–Kier alpha value is -1.18. The first-order valence-corrected chi connectivity index (χ1v) is 9.82. The van der Waals surface area contributed by atoms with Gasteiger partial charge in [0.25, 0.3) is 0 Å². The van der Waals surface area contributed by atoms with Crippen molar-refractivity contribution in [3.63, 3.8) is 0 Å². The third-order valence-electron chi connectivity index (χ3n) is 6.19. The van der Waals surface area contributed by atoms with Gasteiger partial charge in [-0.05, 0) is 19.3 Å². The van der Waals surface area contributed by atoms with Crippen LogP contribution < -0.4 is 5.32 Å². The Bertz CT molecular complexity index is 509. The van der Waals surface area contributed by atoms with E-state index in [2.05, 4.69) is 10.2 Å². The van der Waals surface area contributed by atoms with Crippen molar-refractivity contribution in [3.05, 3.63) is 0 Å². The highest BCUT2D eigenvalue weighted by atomic mass is 16.5. The fourth-order valence-electron chi connectivity index (χ4n) is 4.64. The Morgan fingerprint density at radius 1 is 1.04 bits per heavy atom. The molecule has 4 aliphatic rings. The number of morpholine rings is 1. The highest BCUT2D eigenvalue weighted by Gasteiger charge is 2.39. The highest BCUT2D eigenvalue weighted by Crippen LogP contribution is 2.25. The molecule has 2 bridgehead atoms. The zero-order valence-corrected chi connectivity index (χ0v) is 15.0. The summed E-state index contributed by atoms with van der Waals surface area (Å²) in [6.45, 7) is 7.30. The van der Waals surface area contributed by atoms with Gasteiger partial charge in [0.1, 0.15) is 0 Å². The van der Waals surface area contributed by atoms with Gasteiger partial charge in [-0.15, -0.1) is 0 Å². The SMILES string of the molecule is O=C1CC(C(=O)N2CCC3CCC(C2)N3)CN1CCN1CCOCC1. The van der Waals surface area contributed by atoms with Crippen LogP contribution in [0, 0.1) is 5.92 Å². The van der Waals surface area contributed by atoms with Gasteiger partial charge in [0, 0.05) is 64.3 Å². The molecule has 4 heterocycles. The Labute approximate surface area is 149 Å². The van der Waals surface area contributed by atoms with E-state index in [-0.39, 0.29) is 17.7 Å². The Balaban J connectivity index is 1.28. The molecule has 7 heteroatoms. The number of ether oxygens (including phenoxy) is 1. The first kappa shape index (κ1) is 17.2. The van der Waals surface area contributed by atoms with E-state index in [1.807, 2.05) is 9.80 Å². The summed E-state index contributed by atoms with van der Waals surface area (Å²) in [4.78, 5) is 31.5. The molecule has 2 amide bonds. The van der Waals surface area contributed by atoms with Gasteiger partial charge < -0.3 is 19.9 Å². The van der Waals surface area contributed by atoms with Crippen LogP contribution in [0.25, 0.3) is 0 Å². The summed E-state index contributed by atoms with van der Waals surface area (Å²) < 4.78 is 5.36. The number of likely N-dealkylation sites (tertiary alicyclic amines) is 2. The summed E-state index contributed by atoms with van der Waals surface area (Å²) in [5.41, 5.74) is 0. The van der Waals surface area contributed by atoms with Crippen molar-refractivity contribution in [2.24, 2.45) is 5.92 Å². The van der Waals surface area contributed by atoms with Gasteiger partial charge in [-0.3, -0.25) is 14.5 Å². The average Bonchev–Trinajstić information content (AvgIpc) is 3.15. The van der Waals surface area contributed by atoms with Crippen LogP contribution in [0.2, 0.25) is 0 Å². The van der Waals surface area contributed by atoms with Gasteiger partial charge in [0.05, 0.1) is 19.1 Å². The predicted octanol–water partition coefficient (Wildman–Crippen LogP) is -0.480. The lowest BCUT2D eigenvalue weighted by atomic mass is 10.0. The van der Waals surface area contributed by atoms with Crippen molar-refractivity contribution >= 4 is 11.8 Å². The van der Waals surface area contributed by atoms with E-state index in [9.17, 15) is 9.59 Å². The van der Waals surface area contributed by atoms with Crippen LogP contribution in [0.5, 0.6) is 0 Å². The zero-order valence-electron chi connectivity index (χ0n) is 15.0. The van der Waals surface area contributed by atoms with Gasteiger partial charge in [-0.25, -0.2) is 0 Å². The normalized spacial score (nSPS) is 33.8. The maximum atomic E-state index is 12.9. The molecule has 3 atom stereocenters. The molecule has 7 nitrogen and oxygen atoms in total. The second-order valence-electron chi connectivity index (χ2n) is 7.91. The quantitative estimate of drug-likeness (QED) is 0.742. The Morgan fingerprint density at radius 2 is 1.84 bits per heavy atom. The van der Waals surface area contributed by atoms with Gasteiger partial charge in [0.2, 0.25) is 11.8 Å². The predicted molar refractivity (Wildman–Crippen MR) is 93.1 cm³/mol. The van der Waals surface area contributed by atoms with Crippen LogP contribution in [0.4, 0.5) is 0 Å². The smallest absolute Gasteiger partial charge is 0.228 e. The molecule has 3 unspecified atom stereocenters. The standard InChI is InChI=1S/C18H30N4O3/c23-17-11-14(12-21(17)6-5-20-7-9-25-10-8-20)18(24)22-4-3-15-1-2-16(13-22)19-15/h14-16,19H,1-13H2. The van der Waals surface area contributed by atoms with Crippen LogP contribution >= 0.6 is 0 Å². The van der Waals surface area contributed by atoms with Crippen LogP contribution in [0.3, 0.4) is 0 Å². The van der Waals surface area contributed by atoms with Crippen LogP contribution in [0.1, 0.15) is 25.7 Å². The molecule has 4 rings (SSSR count). The van der Waals surface area contributed by atoms with Gasteiger partial charge in [-0.1, -0.05) is 0 Å². The Morgan fingerprint density at radius 3 is 2.68 bits per heavy atom. The van der Waals surface area contributed by atoms with E-state index >= 15 is 0 Å². The number of nitrogens with one attached hydrogen (secondary N) is 1. The number of nitrogens with zero attached hydrogens (tertiary/aromatic N) is 3. The van der Waals surface area contributed by atoms with Gasteiger partial charge in [-0.2, -0.15) is 0 Å². The third-order valence-corrected chi connectivity index (χ3v) is 6.19. The first-order chi connectivity index (χ1) is 12.2. The molecule has 4 saturated heterocycles. The molecule has 4 fully saturated rings. The van der Waals surface area contributed by atoms with Gasteiger partial charge >= 0.3 is 0 Å². The first-order valence-electron chi connectivity index (χ1n) is 9.82. The molecule has 0 aromatic heterocycles. The summed E-state index contributed by atoms with van der Waals surface area (Å²) in [5.74, 6) is 0.187. The molecule has 0 radical (unpaired) electrons. The number of hydrogen-bond acceptors (Lipinski definition) is 5. The summed E-state index contributed by atoms with van der Waals surface area (Å²) >= 11 is 0. The summed E-state index contributed by atoms with van der Waals surface area (Å²) in [6, 6.07) is 1.03. The molecule has 4 aliphatic heterocycles. The fraction of sp³-hybridized carbons (Fsp3) is 0.889. The van der Waals surface area contributed by atoms with Crippen molar-refractivity contribution in [2.45, 2.75) is 37.8 Å². The number of carbonyl (C=O) groups excluding carboxylic acids is 2. The van der Waals surface area contributed by atoms with Crippen LogP contribution in [-0.2, 0) is 14.3 Å². The van der Waals surface area contributed by atoms with Crippen molar-refractivity contribution in [1.82, 2.24) is 20.0 Å². The van der Waals surface area contributed by atoms with E-state index in [1.54, 1.807) is 0 Å². The highest BCUT2D eigenvalue weighted by molar-refractivity contribution is 5.89. The van der Waals surface area contributed by atoms with Crippen molar-refractivity contribution in [2.75, 3.05) is 59.0 Å². The molecule has 0 aliphatic carbocycles. The molecular weight excluding hydrogens is 320 g/mol. The minimum atomic E-state index is -0.145. The lowest BCUT2D eigenvalue weighted by molar-refractivity contribution is -0.136. The number of amides is 2. The second-order valence-corrected chi connectivity index (χ2v) is 7.91. The number of carbonyl (C=O) groups is 2. The largest absolute Gasteiger partial charge is 0.379 e. The van der Waals surface area contributed by atoms with E-state index in [0.717, 1.165) is 58.9 Å². The molecule has 0 spiro atoms. The van der Waals surface area contributed by atoms with E-state index in [4.69, 9.17) is 4.74 Å². The maximum absolute atomic E-state index is 12.9. The van der Waals surface area contributed by atoms with Crippen molar-refractivity contribution in [1.29, 1.82) is 0 Å². The molecule has 1 N–H and O–H groups in total. The van der Waals surface area contributed by atoms with E-state index in [1.165, 1.54) is 12.8 Å². The maximum Gasteiger partial charge on any atom is 0.228 e. The van der Waals surface area contributed by atoms with Gasteiger partial charge in [0.15, 0.2) is 0 Å². The molecule has 0 aromatic carbocycles. The molecule has 0 aromatic rings. The van der Waals surface area contributed by atoms with Crippen molar-refractivity contribution in [3.8, 4) is 0 Å². The third kappa shape index (κ3) is 3.99. The second kappa shape index (κ2) is 7.60. The molecule has 140 valence electrons. The van der Waals surface area contributed by atoms with E-state index < -0.39 is 0 Å². The molecule has 25 heavy (non-hydrogen) atoms. The lowest BCUT2D eigenvalue weighted by Crippen LogP contribution is -2.43. The number of fused-ring (bicyclic) bond motifs is 2. The Kier molecular flexibility index (Phi) is 5.24. The van der Waals surface area contributed by atoms with Crippen molar-refractivity contribution < 1.29 is 14.3 Å². The van der Waals surface area contributed by atoms with Crippen LogP contribution in [0.15, 0.2) is 0 Å². The summed E-state index contributed by atoms with van der Waals surface area (Å²) in [6.07, 6.45) is 3.84. The minimum absolute atomic E-state index is 0.140. The van der Waals surface area contributed by atoms with E-state index in [0.29, 0.717) is 25.0 Å². The molecule has 0 saturated carbocycles. The monoisotopic (exact) mass is 350 g/mol. The minimum Gasteiger partial charge on any atom is -0.379 e. The summed E-state index contributed by atoms with van der Waals surface area (Å²) in [7, 11) is 0. The fourth-order valence-corrected chi connectivity index (χ4v) is 4.64. The average molecular weight is 350 g/mol.